The molecule has 9 nitrogen and oxygen atoms in total. The summed E-state index contributed by atoms with van der Waals surface area (Å²) in [7, 11) is 1.66. The summed E-state index contributed by atoms with van der Waals surface area (Å²) in [5, 5.41) is 4.28. The molecule has 4 heterocycles. The molecule has 3 aromatic heterocycles. The summed E-state index contributed by atoms with van der Waals surface area (Å²) in [6.07, 6.45) is 8.84. The van der Waals surface area contributed by atoms with Crippen molar-refractivity contribution in [3.05, 3.63) is 54.6 Å². The molecular formula is C20H22N6O3. The molecule has 1 aliphatic rings. The zero-order valence-electron chi connectivity index (χ0n) is 16.2. The average molecular weight is 394 g/mol. The first-order valence-corrected chi connectivity index (χ1v) is 9.52. The molecular weight excluding hydrogens is 372 g/mol. The van der Waals surface area contributed by atoms with E-state index in [0.29, 0.717) is 37.8 Å². The minimum absolute atomic E-state index is 0.190. The van der Waals surface area contributed by atoms with Crippen LogP contribution in [0.3, 0.4) is 0 Å². The van der Waals surface area contributed by atoms with Crippen LogP contribution in [0, 0.1) is 0 Å². The molecule has 0 N–H and O–H groups in total. The van der Waals surface area contributed by atoms with Gasteiger partial charge in [0.1, 0.15) is 0 Å². The minimum Gasteiger partial charge on any atom is -0.385 e. The van der Waals surface area contributed by atoms with Crippen LogP contribution in [0.2, 0.25) is 0 Å². The van der Waals surface area contributed by atoms with E-state index in [4.69, 9.17) is 9.26 Å². The third kappa shape index (κ3) is 4.00. The van der Waals surface area contributed by atoms with Gasteiger partial charge in [0.15, 0.2) is 5.82 Å². The van der Waals surface area contributed by atoms with Crippen LogP contribution in [-0.2, 0) is 10.2 Å². The van der Waals surface area contributed by atoms with Crippen molar-refractivity contribution in [2.24, 2.45) is 0 Å². The highest BCUT2D eigenvalue weighted by molar-refractivity contribution is 5.90. The molecule has 0 spiro atoms. The molecule has 1 amide bonds. The molecule has 3 aromatic rings. The third-order valence-corrected chi connectivity index (χ3v) is 5.23. The van der Waals surface area contributed by atoms with Gasteiger partial charge in [-0.1, -0.05) is 5.16 Å². The van der Waals surface area contributed by atoms with Crippen molar-refractivity contribution in [1.82, 2.24) is 30.0 Å². The van der Waals surface area contributed by atoms with Gasteiger partial charge in [0.05, 0.1) is 5.41 Å². The van der Waals surface area contributed by atoms with Crippen molar-refractivity contribution in [2.75, 3.05) is 26.8 Å². The topological polar surface area (TPSA) is 107 Å². The summed E-state index contributed by atoms with van der Waals surface area (Å²) in [4.78, 5) is 31.6. The number of amides is 1. The van der Waals surface area contributed by atoms with Gasteiger partial charge < -0.3 is 14.2 Å². The average Bonchev–Trinajstić information content (AvgIpc) is 3.30. The molecule has 150 valence electrons. The lowest BCUT2D eigenvalue weighted by Crippen LogP contribution is -2.50. The van der Waals surface area contributed by atoms with Crippen LogP contribution < -0.4 is 0 Å². The Kier molecular flexibility index (Phi) is 5.57. The van der Waals surface area contributed by atoms with Crippen molar-refractivity contribution in [1.29, 1.82) is 0 Å². The Balaban J connectivity index is 1.63. The van der Waals surface area contributed by atoms with E-state index in [1.54, 1.807) is 42.9 Å². The number of hydrogen-bond donors (Lipinski definition) is 0. The predicted molar refractivity (Wildman–Crippen MR) is 103 cm³/mol. The molecule has 0 saturated carbocycles. The number of aromatic nitrogens is 5. The third-order valence-electron chi connectivity index (χ3n) is 5.23. The van der Waals surface area contributed by atoms with E-state index in [9.17, 15) is 4.79 Å². The molecule has 0 bridgehead atoms. The van der Waals surface area contributed by atoms with Gasteiger partial charge in [0, 0.05) is 57.2 Å². The summed E-state index contributed by atoms with van der Waals surface area (Å²) in [5.41, 5.74) is 0.357. The van der Waals surface area contributed by atoms with Gasteiger partial charge in [-0.2, -0.15) is 4.98 Å². The number of pyridine rings is 1. The lowest BCUT2D eigenvalue weighted by molar-refractivity contribution is 0.0555. The van der Waals surface area contributed by atoms with Gasteiger partial charge in [-0.25, -0.2) is 9.97 Å². The summed E-state index contributed by atoms with van der Waals surface area (Å²) in [6, 6.07) is 5.33. The van der Waals surface area contributed by atoms with Crippen molar-refractivity contribution >= 4 is 5.91 Å². The van der Waals surface area contributed by atoms with E-state index >= 15 is 0 Å². The standard InChI is InChI=1S/C20H22N6O3/c1-28-13-7-20(19-24-17(29-25-19)15-4-10-21-11-5-15)6-2-12-26(14-20)18(27)16-22-8-3-9-23-16/h3-5,8-11H,2,6-7,12-14H2,1H3. The maximum absolute atomic E-state index is 12.9. The Labute approximate surface area is 168 Å². The highest BCUT2D eigenvalue weighted by Gasteiger charge is 2.42. The second kappa shape index (κ2) is 8.44. The molecule has 1 atom stereocenters. The number of methoxy groups -OCH3 is 1. The van der Waals surface area contributed by atoms with Gasteiger partial charge in [0.2, 0.25) is 5.82 Å². The fourth-order valence-electron chi connectivity index (χ4n) is 3.70. The van der Waals surface area contributed by atoms with Crippen molar-refractivity contribution in [3.63, 3.8) is 0 Å². The minimum atomic E-state index is -0.451. The summed E-state index contributed by atoms with van der Waals surface area (Å²) in [5.74, 6) is 1.03. The normalized spacial score (nSPS) is 19.3. The zero-order valence-corrected chi connectivity index (χ0v) is 16.2. The second-order valence-corrected chi connectivity index (χ2v) is 7.08. The lowest BCUT2D eigenvalue weighted by Gasteiger charge is -2.40. The van der Waals surface area contributed by atoms with Crippen LogP contribution in [-0.4, -0.2) is 62.7 Å². The van der Waals surface area contributed by atoms with Crippen LogP contribution in [0.15, 0.2) is 47.5 Å². The number of carbonyl (C=O) groups excluding carboxylic acids is 1. The molecule has 1 aliphatic heterocycles. The Morgan fingerprint density at radius 1 is 1.24 bits per heavy atom. The van der Waals surface area contributed by atoms with Gasteiger partial charge in [-0.3, -0.25) is 9.78 Å². The van der Waals surface area contributed by atoms with Crippen LogP contribution >= 0.6 is 0 Å². The molecule has 0 aliphatic carbocycles. The van der Waals surface area contributed by atoms with E-state index in [0.717, 1.165) is 18.4 Å². The number of piperidine rings is 1. The monoisotopic (exact) mass is 394 g/mol. The largest absolute Gasteiger partial charge is 0.385 e. The number of hydrogen-bond acceptors (Lipinski definition) is 8. The highest BCUT2D eigenvalue weighted by atomic mass is 16.5. The Morgan fingerprint density at radius 2 is 2.03 bits per heavy atom. The zero-order chi connectivity index (χ0) is 20.1. The number of nitrogens with zero attached hydrogens (tertiary/aromatic N) is 6. The van der Waals surface area contributed by atoms with Crippen molar-refractivity contribution in [2.45, 2.75) is 24.7 Å². The van der Waals surface area contributed by atoms with Crippen LogP contribution in [0.5, 0.6) is 0 Å². The Morgan fingerprint density at radius 3 is 2.79 bits per heavy atom. The van der Waals surface area contributed by atoms with E-state index in [-0.39, 0.29) is 11.7 Å². The van der Waals surface area contributed by atoms with Crippen LogP contribution in [0.25, 0.3) is 11.5 Å². The molecule has 1 fully saturated rings. The van der Waals surface area contributed by atoms with Crippen molar-refractivity contribution < 1.29 is 14.1 Å². The molecule has 1 saturated heterocycles. The number of ether oxygens (including phenoxy) is 1. The number of likely N-dealkylation sites (tertiary alicyclic amines) is 1. The van der Waals surface area contributed by atoms with E-state index in [2.05, 4.69) is 25.1 Å². The summed E-state index contributed by atoms with van der Waals surface area (Å²) in [6.45, 7) is 1.63. The highest BCUT2D eigenvalue weighted by Crippen LogP contribution is 2.37. The van der Waals surface area contributed by atoms with E-state index < -0.39 is 5.41 Å². The second-order valence-electron chi connectivity index (χ2n) is 7.08. The maximum Gasteiger partial charge on any atom is 0.291 e. The fraction of sp³-hybridized carbons (Fsp3) is 0.400. The van der Waals surface area contributed by atoms with Gasteiger partial charge >= 0.3 is 0 Å². The van der Waals surface area contributed by atoms with Gasteiger partial charge in [-0.05, 0) is 37.5 Å². The molecule has 9 heteroatoms. The first-order valence-electron chi connectivity index (χ1n) is 9.52. The fourth-order valence-corrected chi connectivity index (χ4v) is 3.70. The van der Waals surface area contributed by atoms with Gasteiger partial charge in [-0.15, -0.1) is 0 Å². The Bertz CT molecular complexity index is 949. The molecule has 4 rings (SSSR count). The molecule has 0 aromatic carbocycles. The Hall–Kier alpha value is -3.20. The first kappa shape index (κ1) is 19.1. The lowest BCUT2D eigenvalue weighted by atomic mass is 9.76. The smallest absolute Gasteiger partial charge is 0.291 e. The molecule has 0 radical (unpaired) electrons. The maximum atomic E-state index is 12.9. The molecule has 1 unspecified atom stereocenters. The van der Waals surface area contributed by atoms with E-state index in [1.807, 2.05) is 12.1 Å². The number of rotatable bonds is 6. The quantitative estimate of drug-likeness (QED) is 0.626. The SMILES string of the molecule is COCCC1(c2noc(-c3ccncc3)n2)CCCN(C(=O)c2ncccn2)C1. The first-order chi connectivity index (χ1) is 14.2. The van der Waals surface area contributed by atoms with Gasteiger partial charge in [0.25, 0.3) is 11.8 Å². The van der Waals surface area contributed by atoms with Crippen molar-refractivity contribution in [3.8, 4) is 11.5 Å². The predicted octanol–water partition coefficient (Wildman–Crippen LogP) is 2.13. The van der Waals surface area contributed by atoms with Crippen LogP contribution in [0.4, 0.5) is 0 Å². The van der Waals surface area contributed by atoms with Crippen LogP contribution in [0.1, 0.15) is 35.7 Å². The van der Waals surface area contributed by atoms with E-state index in [1.165, 1.54) is 0 Å². The summed E-state index contributed by atoms with van der Waals surface area (Å²) >= 11 is 0. The molecule has 29 heavy (non-hydrogen) atoms. The number of carbonyl (C=O) groups is 1. The summed E-state index contributed by atoms with van der Waals surface area (Å²) < 4.78 is 10.9.